The number of nitrogens with zero attached hydrogens (tertiary/aromatic N) is 2. The van der Waals surface area contributed by atoms with Gasteiger partial charge in [-0.25, -0.2) is 0 Å². The van der Waals surface area contributed by atoms with E-state index < -0.39 is 0 Å². The summed E-state index contributed by atoms with van der Waals surface area (Å²) in [5.41, 5.74) is 1.30. The second kappa shape index (κ2) is 9.78. The molecule has 0 aromatic heterocycles. The lowest BCUT2D eigenvalue weighted by atomic mass is 9.93. The van der Waals surface area contributed by atoms with Gasteiger partial charge in [-0.15, -0.1) is 24.0 Å². The van der Waals surface area contributed by atoms with Crippen LogP contribution in [0.5, 0.6) is 5.75 Å². The smallest absolute Gasteiger partial charge is 0.191 e. The van der Waals surface area contributed by atoms with Gasteiger partial charge in [-0.1, -0.05) is 25.1 Å². The minimum atomic E-state index is 0. The van der Waals surface area contributed by atoms with Crippen LogP contribution in [0.15, 0.2) is 29.3 Å². The van der Waals surface area contributed by atoms with Gasteiger partial charge in [0.2, 0.25) is 0 Å². The molecule has 0 bridgehead atoms. The number of para-hydroxylation sites is 1. The van der Waals surface area contributed by atoms with Crippen molar-refractivity contribution in [2.75, 3.05) is 33.3 Å². The van der Waals surface area contributed by atoms with Crippen LogP contribution in [0.25, 0.3) is 0 Å². The van der Waals surface area contributed by atoms with Crippen molar-refractivity contribution in [3.8, 4) is 5.75 Å². The summed E-state index contributed by atoms with van der Waals surface area (Å²) in [4.78, 5) is 6.97. The molecule has 2 N–H and O–H groups in total. The van der Waals surface area contributed by atoms with Gasteiger partial charge in [0.25, 0.3) is 0 Å². The maximum atomic E-state index is 5.76. The number of ether oxygens (including phenoxy) is 1. The van der Waals surface area contributed by atoms with E-state index in [9.17, 15) is 0 Å². The lowest BCUT2D eigenvalue weighted by molar-refractivity contribution is 0.265. The summed E-state index contributed by atoms with van der Waals surface area (Å²) in [6, 6.07) is 9.43. The van der Waals surface area contributed by atoms with Crippen LogP contribution >= 0.6 is 24.0 Å². The molecule has 5 nitrogen and oxygen atoms in total. The zero-order chi connectivity index (χ0) is 17.8. The van der Waals surface area contributed by atoms with E-state index >= 15 is 0 Å². The summed E-state index contributed by atoms with van der Waals surface area (Å²) in [6.45, 7) is 10.8. The van der Waals surface area contributed by atoms with E-state index in [1.54, 1.807) is 0 Å². The molecule has 2 aliphatic rings. The minimum absolute atomic E-state index is 0. The Balaban J connectivity index is 0.00000243. The molecule has 0 amide bonds. The van der Waals surface area contributed by atoms with Gasteiger partial charge >= 0.3 is 0 Å². The number of fused-ring (bicyclic) bond motifs is 1. The Morgan fingerprint density at radius 3 is 2.77 bits per heavy atom. The van der Waals surface area contributed by atoms with Crippen molar-refractivity contribution in [1.29, 1.82) is 0 Å². The minimum Gasteiger partial charge on any atom is -0.493 e. The van der Waals surface area contributed by atoms with Crippen LogP contribution in [0.2, 0.25) is 0 Å². The van der Waals surface area contributed by atoms with E-state index in [1.807, 2.05) is 13.1 Å². The number of halogens is 1. The number of benzene rings is 1. The highest BCUT2D eigenvalue weighted by Crippen LogP contribution is 2.32. The zero-order valence-electron chi connectivity index (χ0n) is 16.4. The van der Waals surface area contributed by atoms with Gasteiger partial charge in [0.1, 0.15) is 5.75 Å². The first-order valence-corrected chi connectivity index (χ1v) is 9.51. The van der Waals surface area contributed by atoms with Crippen LogP contribution in [0.4, 0.5) is 0 Å². The molecule has 1 fully saturated rings. The number of hydrogen-bond acceptors (Lipinski definition) is 3. The Kier molecular flexibility index (Phi) is 8.01. The highest BCUT2D eigenvalue weighted by molar-refractivity contribution is 14.0. The highest BCUT2D eigenvalue weighted by Gasteiger charge is 2.31. The van der Waals surface area contributed by atoms with Gasteiger partial charge in [0.05, 0.1) is 6.61 Å². The molecule has 6 heteroatoms. The van der Waals surface area contributed by atoms with E-state index in [-0.39, 0.29) is 24.0 Å². The molecule has 3 atom stereocenters. The van der Waals surface area contributed by atoms with Crippen molar-refractivity contribution in [2.45, 2.75) is 45.2 Å². The molecule has 2 aliphatic heterocycles. The Hall–Kier alpha value is -1.02. The van der Waals surface area contributed by atoms with E-state index in [0.29, 0.717) is 23.9 Å². The molecular formula is C20H33IN4O. The average molecular weight is 472 g/mol. The van der Waals surface area contributed by atoms with Crippen LogP contribution in [0.3, 0.4) is 0 Å². The third kappa shape index (κ3) is 5.03. The number of nitrogens with one attached hydrogen (secondary N) is 2. The summed E-state index contributed by atoms with van der Waals surface area (Å²) in [7, 11) is 1.85. The molecule has 3 rings (SSSR count). The van der Waals surface area contributed by atoms with Crippen LogP contribution in [-0.4, -0.2) is 56.2 Å². The van der Waals surface area contributed by atoms with Gasteiger partial charge in [-0.2, -0.15) is 0 Å². The van der Waals surface area contributed by atoms with Crippen molar-refractivity contribution in [3.63, 3.8) is 0 Å². The fourth-order valence-electron chi connectivity index (χ4n) is 3.83. The summed E-state index contributed by atoms with van der Waals surface area (Å²) in [5, 5.41) is 7.17. The molecule has 0 radical (unpaired) electrons. The van der Waals surface area contributed by atoms with E-state index in [0.717, 1.165) is 44.4 Å². The topological polar surface area (TPSA) is 48.9 Å². The van der Waals surface area contributed by atoms with Gasteiger partial charge in [-0.3, -0.25) is 9.89 Å². The van der Waals surface area contributed by atoms with Crippen molar-refractivity contribution < 1.29 is 4.74 Å². The van der Waals surface area contributed by atoms with E-state index in [2.05, 4.69) is 59.5 Å². The van der Waals surface area contributed by atoms with Crippen molar-refractivity contribution in [1.82, 2.24) is 15.5 Å². The van der Waals surface area contributed by atoms with Crippen molar-refractivity contribution in [2.24, 2.45) is 10.9 Å². The van der Waals surface area contributed by atoms with Gasteiger partial charge in [-0.05, 0) is 37.8 Å². The average Bonchev–Trinajstić information content (AvgIpc) is 2.99. The number of rotatable bonds is 4. The summed E-state index contributed by atoms with van der Waals surface area (Å²) in [5.74, 6) is 3.04. The Labute approximate surface area is 175 Å². The maximum absolute atomic E-state index is 5.76. The monoisotopic (exact) mass is 472 g/mol. The second-order valence-corrected chi connectivity index (χ2v) is 7.60. The number of likely N-dealkylation sites (tertiary alicyclic amines) is 1. The third-order valence-electron chi connectivity index (χ3n) is 5.52. The van der Waals surface area contributed by atoms with Crippen LogP contribution in [0, 0.1) is 5.92 Å². The molecular weight excluding hydrogens is 439 g/mol. The fourth-order valence-corrected chi connectivity index (χ4v) is 3.83. The summed E-state index contributed by atoms with van der Waals surface area (Å²) < 4.78 is 5.76. The van der Waals surface area contributed by atoms with Crippen molar-refractivity contribution >= 4 is 29.9 Å². The number of hydrogen-bond donors (Lipinski definition) is 2. The van der Waals surface area contributed by atoms with Gasteiger partial charge in [0, 0.05) is 44.7 Å². The molecule has 0 saturated carbocycles. The highest BCUT2D eigenvalue weighted by atomic mass is 127. The fraction of sp³-hybridized carbons (Fsp3) is 0.650. The summed E-state index contributed by atoms with van der Waals surface area (Å²) in [6.07, 6.45) is 1.04. The lowest BCUT2D eigenvalue weighted by Gasteiger charge is -2.27. The van der Waals surface area contributed by atoms with E-state index in [1.165, 1.54) is 5.56 Å². The molecule has 1 aromatic carbocycles. The third-order valence-corrected chi connectivity index (χ3v) is 5.52. The van der Waals surface area contributed by atoms with Crippen LogP contribution in [0.1, 0.15) is 38.7 Å². The second-order valence-electron chi connectivity index (χ2n) is 7.60. The first-order chi connectivity index (χ1) is 12.1. The maximum Gasteiger partial charge on any atom is 0.191 e. The summed E-state index contributed by atoms with van der Waals surface area (Å²) >= 11 is 0. The Morgan fingerprint density at radius 1 is 1.31 bits per heavy atom. The SMILES string of the molecule is CN=C(NCC1CCOc2ccccc21)NC1CN(C(C)C)CC1C.I. The Morgan fingerprint density at radius 2 is 2.08 bits per heavy atom. The molecule has 146 valence electrons. The standard InChI is InChI=1S/C20H32N4O.HI/c1-14(2)24-12-15(3)18(13-24)23-20(21-4)22-11-16-9-10-25-19-8-6-5-7-17(16)19;/h5-8,14-16,18H,9-13H2,1-4H3,(H2,21,22,23);1H. The molecule has 1 aromatic rings. The normalized spacial score (nSPS) is 26.0. The van der Waals surface area contributed by atoms with Crippen molar-refractivity contribution in [3.05, 3.63) is 29.8 Å². The lowest BCUT2D eigenvalue weighted by Crippen LogP contribution is -2.47. The molecule has 3 unspecified atom stereocenters. The first-order valence-electron chi connectivity index (χ1n) is 9.51. The van der Waals surface area contributed by atoms with Gasteiger partial charge in [0.15, 0.2) is 5.96 Å². The molecule has 26 heavy (non-hydrogen) atoms. The predicted molar refractivity (Wildman–Crippen MR) is 119 cm³/mol. The van der Waals surface area contributed by atoms with Crippen LogP contribution < -0.4 is 15.4 Å². The van der Waals surface area contributed by atoms with E-state index in [4.69, 9.17) is 4.74 Å². The predicted octanol–water partition coefficient (Wildman–Crippen LogP) is 3.06. The largest absolute Gasteiger partial charge is 0.493 e. The van der Waals surface area contributed by atoms with Crippen LogP contribution in [-0.2, 0) is 0 Å². The number of guanidine groups is 1. The first kappa shape index (κ1) is 21.3. The Bertz CT molecular complexity index is 607. The molecule has 1 saturated heterocycles. The van der Waals surface area contributed by atoms with Gasteiger partial charge < -0.3 is 15.4 Å². The molecule has 0 aliphatic carbocycles. The molecule has 2 heterocycles. The molecule has 0 spiro atoms. The zero-order valence-corrected chi connectivity index (χ0v) is 18.7. The number of aliphatic imine (C=N–C) groups is 1. The quantitative estimate of drug-likeness (QED) is 0.402.